The summed E-state index contributed by atoms with van der Waals surface area (Å²) in [5, 5.41) is 12.0. The van der Waals surface area contributed by atoms with Crippen LogP contribution in [0, 0.1) is 18.6 Å². The number of benzene rings is 2. The first-order chi connectivity index (χ1) is 9.47. The van der Waals surface area contributed by atoms with Gasteiger partial charge in [-0.1, -0.05) is 18.2 Å². The number of anilines is 1. The van der Waals surface area contributed by atoms with E-state index >= 15 is 0 Å². The number of amides is 1. The smallest absolute Gasteiger partial charge is 0.228 e. The van der Waals surface area contributed by atoms with E-state index in [9.17, 15) is 18.7 Å². The average molecular weight is 277 g/mol. The zero-order valence-corrected chi connectivity index (χ0v) is 10.8. The minimum atomic E-state index is -1.02. The number of hydrogen-bond acceptors (Lipinski definition) is 2. The van der Waals surface area contributed by atoms with E-state index in [0.29, 0.717) is 11.3 Å². The Hall–Kier alpha value is -2.43. The molecule has 0 aliphatic rings. The molecule has 0 atom stereocenters. The van der Waals surface area contributed by atoms with Crippen LogP contribution in [-0.4, -0.2) is 11.0 Å². The zero-order valence-electron chi connectivity index (χ0n) is 10.8. The van der Waals surface area contributed by atoms with Gasteiger partial charge in [0.15, 0.2) is 11.6 Å². The molecular weight excluding hydrogens is 264 g/mol. The Kier molecular flexibility index (Phi) is 3.98. The molecule has 1 amide bonds. The third-order valence-electron chi connectivity index (χ3n) is 2.88. The first-order valence-electron chi connectivity index (χ1n) is 5.99. The summed E-state index contributed by atoms with van der Waals surface area (Å²) in [6, 6.07) is 8.36. The summed E-state index contributed by atoms with van der Waals surface area (Å²) in [6.07, 6.45) is -0.280. The first kappa shape index (κ1) is 14.0. The standard InChI is InChI=1S/C15H13F2NO2/c1-9-5-6-11(8-13(9)19)18-14(20)7-10-3-2-4-12(16)15(10)17/h2-6,8,19H,7H2,1H3,(H,18,20). The Balaban J connectivity index is 2.09. The Morgan fingerprint density at radius 1 is 1.25 bits per heavy atom. The van der Waals surface area contributed by atoms with E-state index in [1.54, 1.807) is 19.1 Å². The summed E-state index contributed by atoms with van der Waals surface area (Å²) >= 11 is 0. The summed E-state index contributed by atoms with van der Waals surface area (Å²) in [7, 11) is 0. The Labute approximate surface area is 114 Å². The molecule has 0 unspecified atom stereocenters. The van der Waals surface area contributed by atoms with Crippen LogP contribution < -0.4 is 5.32 Å². The molecule has 3 nitrogen and oxygen atoms in total. The Morgan fingerprint density at radius 3 is 2.70 bits per heavy atom. The van der Waals surface area contributed by atoms with Gasteiger partial charge in [0.2, 0.25) is 5.91 Å². The SMILES string of the molecule is Cc1ccc(NC(=O)Cc2cccc(F)c2F)cc1O. The minimum Gasteiger partial charge on any atom is -0.508 e. The summed E-state index contributed by atoms with van der Waals surface area (Å²) in [5.41, 5.74) is 1.06. The Bertz CT molecular complexity index is 656. The van der Waals surface area contributed by atoms with Crippen LogP contribution in [0.3, 0.4) is 0 Å². The van der Waals surface area contributed by atoms with Crippen molar-refractivity contribution in [3.63, 3.8) is 0 Å². The van der Waals surface area contributed by atoms with Gasteiger partial charge in [0.05, 0.1) is 6.42 Å². The van der Waals surface area contributed by atoms with Crippen molar-refractivity contribution in [3.8, 4) is 5.75 Å². The maximum Gasteiger partial charge on any atom is 0.228 e. The number of carbonyl (C=O) groups is 1. The molecule has 0 heterocycles. The predicted octanol–water partition coefficient (Wildman–Crippen LogP) is 3.16. The second-order valence-electron chi connectivity index (χ2n) is 4.44. The average Bonchev–Trinajstić information content (AvgIpc) is 2.39. The quantitative estimate of drug-likeness (QED) is 0.905. The molecule has 0 aromatic heterocycles. The van der Waals surface area contributed by atoms with Gasteiger partial charge in [0.1, 0.15) is 5.75 Å². The topological polar surface area (TPSA) is 49.3 Å². The van der Waals surface area contributed by atoms with E-state index < -0.39 is 17.5 Å². The molecule has 0 saturated carbocycles. The summed E-state index contributed by atoms with van der Waals surface area (Å²) < 4.78 is 26.4. The van der Waals surface area contributed by atoms with Crippen molar-refractivity contribution in [3.05, 3.63) is 59.2 Å². The van der Waals surface area contributed by atoms with E-state index in [4.69, 9.17) is 0 Å². The van der Waals surface area contributed by atoms with Crippen molar-refractivity contribution in [1.82, 2.24) is 0 Å². The molecule has 0 spiro atoms. The predicted molar refractivity (Wildman–Crippen MR) is 71.5 cm³/mol. The number of aryl methyl sites for hydroxylation is 1. The highest BCUT2D eigenvalue weighted by Gasteiger charge is 2.12. The minimum absolute atomic E-state index is 0.0150. The van der Waals surface area contributed by atoms with Crippen molar-refractivity contribution in [2.45, 2.75) is 13.3 Å². The van der Waals surface area contributed by atoms with Gasteiger partial charge < -0.3 is 10.4 Å². The fourth-order valence-electron chi connectivity index (χ4n) is 1.75. The van der Waals surface area contributed by atoms with Crippen LogP contribution in [-0.2, 0) is 11.2 Å². The van der Waals surface area contributed by atoms with Crippen molar-refractivity contribution in [2.24, 2.45) is 0 Å². The largest absolute Gasteiger partial charge is 0.508 e. The highest BCUT2D eigenvalue weighted by atomic mass is 19.2. The summed E-state index contributed by atoms with van der Waals surface area (Å²) in [4.78, 5) is 11.8. The first-order valence-corrected chi connectivity index (χ1v) is 5.99. The molecule has 0 aliphatic carbocycles. The van der Waals surface area contributed by atoms with Crippen LogP contribution in [0.25, 0.3) is 0 Å². The second-order valence-corrected chi connectivity index (χ2v) is 4.44. The highest BCUT2D eigenvalue weighted by molar-refractivity contribution is 5.92. The lowest BCUT2D eigenvalue weighted by Gasteiger charge is -2.08. The van der Waals surface area contributed by atoms with E-state index in [1.807, 2.05) is 0 Å². The molecule has 2 N–H and O–H groups in total. The summed E-state index contributed by atoms with van der Waals surface area (Å²) in [5.74, 6) is -2.44. The number of hydrogen-bond donors (Lipinski definition) is 2. The molecule has 2 aromatic carbocycles. The van der Waals surface area contributed by atoms with Gasteiger partial charge in [-0.05, 0) is 24.6 Å². The number of phenols is 1. The molecule has 2 rings (SSSR count). The number of aromatic hydroxyl groups is 1. The fourth-order valence-corrected chi connectivity index (χ4v) is 1.75. The van der Waals surface area contributed by atoms with Gasteiger partial charge >= 0.3 is 0 Å². The Morgan fingerprint density at radius 2 is 2.00 bits per heavy atom. The normalized spacial score (nSPS) is 10.3. The summed E-state index contributed by atoms with van der Waals surface area (Å²) in [6.45, 7) is 1.73. The monoisotopic (exact) mass is 277 g/mol. The highest BCUT2D eigenvalue weighted by Crippen LogP contribution is 2.21. The van der Waals surface area contributed by atoms with Crippen LogP contribution in [0.1, 0.15) is 11.1 Å². The van der Waals surface area contributed by atoms with E-state index in [0.717, 1.165) is 6.07 Å². The van der Waals surface area contributed by atoms with Crippen molar-refractivity contribution in [2.75, 3.05) is 5.32 Å². The maximum atomic E-state index is 13.4. The number of halogens is 2. The van der Waals surface area contributed by atoms with E-state index in [2.05, 4.69) is 5.32 Å². The molecule has 0 aliphatic heterocycles. The van der Waals surface area contributed by atoms with E-state index in [-0.39, 0.29) is 17.7 Å². The number of phenolic OH excluding ortho intramolecular Hbond substituents is 1. The zero-order chi connectivity index (χ0) is 14.7. The van der Waals surface area contributed by atoms with Gasteiger partial charge in [-0.25, -0.2) is 8.78 Å². The molecule has 2 aromatic rings. The van der Waals surface area contributed by atoms with Crippen molar-refractivity contribution < 1.29 is 18.7 Å². The molecule has 0 saturated heterocycles. The number of carbonyl (C=O) groups excluding carboxylic acids is 1. The molecule has 5 heteroatoms. The van der Waals surface area contributed by atoms with Crippen LogP contribution in [0.15, 0.2) is 36.4 Å². The number of rotatable bonds is 3. The lowest BCUT2D eigenvalue weighted by atomic mass is 10.1. The molecule has 20 heavy (non-hydrogen) atoms. The van der Waals surface area contributed by atoms with Crippen molar-refractivity contribution >= 4 is 11.6 Å². The molecular formula is C15H13F2NO2. The van der Waals surface area contributed by atoms with Crippen LogP contribution in [0.5, 0.6) is 5.75 Å². The molecule has 0 radical (unpaired) electrons. The van der Waals surface area contributed by atoms with Gasteiger partial charge in [-0.3, -0.25) is 4.79 Å². The van der Waals surface area contributed by atoms with E-state index in [1.165, 1.54) is 18.2 Å². The number of nitrogens with one attached hydrogen (secondary N) is 1. The van der Waals surface area contributed by atoms with Crippen LogP contribution in [0.4, 0.5) is 14.5 Å². The molecule has 0 bridgehead atoms. The maximum absolute atomic E-state index is 13.4. The van der Waals surface area contributed by atoms with Gasteiger partial charge in [-0.2, -0.15) is 0 Å². The van der Waals surface area contributed by atoms with Gasteiger partial charge in [0, 0.05) is 17.3 Å². The fraction of sp³-hybridized carbons (Fsp3) is 0.133. The lowest BCUT2D eigenvalue weighted by molar-refractivity contribution is -0.115. The third-order valence-corrected chi connectivity index (χ3v) is 2.88. The van der Waals surface area contributed by atoms with Gasteiger partial charge in [0.25, 0.3) is 0 Å². The molecule has 104 valence electrons. The van der Waals surface area contributed by atoms with Gasteiger partial charge in [-0.15, -0.1) is 0 Å². The van der Waals surface area contributed by atoms with Crippen LogP contribution in [0.2, 0.25) is 0 Å². The third kappa shape index (κ3) is 3.12. The van der Waals surface area contributed by atoms with Crippen molar-refractivity contribution in [1.29, 1.82) is 0 Å². The van der Waals surface area contributed by atoms with Crippen LogP contribution >= 0.6 is 0 Å². The lowest BCUT2D eigenvalue weighted by Crippen LogP contribution is -2.15. The second kappa shape index (κ2) is 5.69. The molecule has 0 fully saturated rings.